The van der Waals surface area contributed by atoms with Gasteiger partial charge < -0.3 is 10.6 Å². The number of hydrogen-bond acceptors (Lipinski definition) is 3. The van der Waals surface area contributed by atoms with Crippen molar-refractivity contribution in [2.24, 2.45) is 16.8 Å². The number of halogens is 3. The van der Waals surface area contributed by atoms with E-state index in [0.29, 0.717) is 24.9 Å². The fourth-order valence-corrected chi connectivity index (χ4v) is 4.29. The SMILES string of the molecule is CN=C(NCCC1CCN(CC(F)(F)F)CC1)NCC(C)Cc1cccs1. The Bertz CT molecular complexity index is 552. The number of nitrogens with zero attached hydrogens (tertiary/aromatic N) is 2. The molecule has 2 heterocycles. The molecule has 0 bridgehead atoms. The zero-order valence-electron chi connectivity index (χ0n) is 16.2. The van der Waals surface area contributed by atoms with Crippen molar-refractivity contribution in [3.63, 3.8) is 0 Å². The molecule has 2 rings (SSSR count). The predicted octanol–water partition coefficient (Wildman–Crippen LogP) is 3.76. The maximum absolute atomic E-state index is 12.4. The number of piperidine rings is 1. The summed E-state index contributed by atoms with van der Waals surface area (Å²) < 4.78 is 37.3. The summed E-state index contributed by atoms with van der Waals surface area (Å²) >= 11 is 1.78. The monoisotopic (exact) mass is 404 g/mol. The molecular weight excluding hydrogens is 373 g/mol. The van der Waals surface area contributed by atoms with E-state index >= 15 is 0 Å². The minimum atomic E-state index is -4.09. The standard InChI is InChI=1S/C19H31F3N4S/c1-15(12-17-4-3-11-27-17)13-25-18(23-2)24-8-5-16-6-9-26(10-7-16)14-19(20,21)22/h3-4,11,15-16H,5-10,12-14H2,1-2H3,(H2,23,24,25). The molecule has 1 fully saturated rings. The number of hydrogen-bond donors (Lipinski definition) is 2. The predicted molar refractivity (Wildman–Crippen MR) is 106 cm³/mol. The first-order valence-corrected chi connectivity index (χ1v) is 10.5. The van der Waals surface area contributed by atoms with Gasteiger partial charge in [0.2, 0.25) is 0 Å². The third-order valence-electron chi connectivity index (χ3n) is 4.93. The third-order valence-corrected chi connectivity index (χ3v) is 5.83. The Kier molecular flexibility index (Phi) is 8.89. The summed E-state index contributed by atoms with van der Waals surface area (Å²) in [5.74, 6) is 1.79. The van der Waals surface area contributed by atoms with E-state index in [1.807, 2.05) is 0 Å². The van der Waals surface area contributed by atoms with Gasteiger partial charge in [0.1, 0.15) is 0 Å². The molecule has 8 heteroatoms. The maximum atomic E-state index is 12.4. The van der Waals surface area contributed by atoms with Crippen LogP contribution in [0.2, 0.25) is 0 Å². The van der Waals surface area contributed by atoms with Crippen LogP contribution in [0.15, 0.2) is 22.5 Å². The summed E-state index contributed by atoms with van der Waals surface area (Å²) in [7, 11) is 1.76. The number of thiophene rings is 1. The van der Waals surface area contributed by atoms with Crippen LogP contribution in [0, 0.1) is 11.8 Å². The number of alkyl halides is 3. The minimum absolute atomic E-state index is 0.484. The van der Waals surface area contributed by atoms with Crippen LogP contribution in [0.5, 0.6) is 0 Å². The minimum Gasteiger partial charge on any atom is -0.356 e. The van der Waals surface area contributed by atoms with E-state index < -0.39 is 12.7 Å². The molecule has 4 nitrogen and oxygen atoms in total. The quantitative estimate of drug-likeness (QED) is 0.512. The van der Waals surface area contributed by atoms with Crippen molar-refractivity contribution in [2.45, 2.75) is 38.8 Å². The van der Waals surface area contributed by atoms with E-state index in [4.69, 9.17) is 0 Å². The number of guanidine groups is 1. The second-order valence-corrected chi connectivity index (χ2v) is 8.42. The Labute approximate surface area is 164 Å². The molecular formula is C19H31F3N4S. The molecule has 0 aromatic carbocycles. The average molecular weight is 405 g/mol. The first kappa shape index (κ1) is 22.0. The topological polar surface area (TPSA) is 39.7 Å². The molecule has 2 N–H and O–H groups in total. The number of aliphatic imine (C=N–C) groups is 1. The molecule has 0 spiro atoms. The van der Waals surface area contributed by atoms with Gasteiger partial charge >= 0.3 is 6.18 Å². The first-order valence-electron chi connectivity index (χ1n) is 9.61. The fraction of sp³-hybridized carbons (Fsp3) is 0.737. The summed E-state index contributed by atoms with van der Waals surface area (Å²) in [6.45, 7) is 4.16. The number of nitrogens with one attached hydrogen (secondary N) is 2. The molecule has 1 aliphatic heterocycles. The van der Waals surface area contributed by atoms with Crippen molar-refractivity contribution in [3.05, 3.63) is 22.4 Å². The van der Waals surface area contributed by atoms with E-state index in [-0.39, 0.29) is 0 Å². The fourth-order valence-electron chi connectivity index (χ4n) is 3.42. The lowest BCUT2D eigenvalue weighted by Crippen LogP contribution is -2.42. The maximum Gasteiger partial charge on any atom is 0.401 e. The van der Waals surface area contributed by atoms with Gasteiger partial charge in [0.25, 0.3) is 0 Å². The lowest BCUT2D eigenvalue weighted by Gasteiger charge is -2.32. The van der Waals surface area contributed by atoms with Crippen LogP contribution < -0.4 is 10.6 Å². The van der Waals surface area contributed by atoms with Crippen LogP contribution in [0.3, 0.4) is 0 Å². The molecule has 1 atom stereocenters. The first-order chi connectivity index (χ1) is 12.9. The summed E-state index contributed by atoms with van der Waals surface area (Å²) in [6, 6.07) is 4.24. The smallest absolute Gasteiger partial charge is 0.356 e. The summed E-state index contributed by atoms with van der Waals surface area (Å²) in [4.78, 5) is 7.16. The van der Waals surface area contributed by atoms with E-state index in [1.165, 1.54) is 9.78 Å². The lowest BCUT2D eigenvalue weighted by molar-refractivity contribution is -0.148. The van der Waals surface area contributed by atoms with Gasteiger partial charge in [0, 0.05) is 25.0 Å². The molecule has 1 saturated heterocycles. The number of likely N-dealkylation sites (tertiary alicyclic amines) is 1. The highest BCUT2D eigenvalue weighted by Gasteiger charge is 2.32. The molecule has 0 radical (unpaired) electrons. The van der Waals surface area contributed by atoms with Crippen LogP contribution in [0.1, 0.15) is 31.1 Å². The van der Waals surface area contributed by atoms with Crippen molar-refractivity contribution in [1.29, 1.82) is 0 Å². The van der Waals surface area contributed by atoms with Crippen LogP contribution in [0.25, 0.3) is 0 Å². The van der Waals surface area contributed by atoms with E-state index in [0.717, 1.165) is 44.7 Å². The summed E-state index contributed by atoms with van der Waals surface area (Å²) in [5.41, 5.74) is 0. The zero-order valence-corrected chi connectivity index (χ0v) is 17.0. The highest BCUT2D eigenvalue weighted by Crippen LogP contribution is 2.24. The Morgan fingerprint density at radius 3 is 2.67 bits per heavy atom. The Morgan fingerprint density at radius 1 is 1.33 bits per heavy atom. The van der Waals surface area contributed by atoms with Gasteiger partial charge in [-0.25, -0.2) is 0 Å². The Hall–Kier alpha value is -1.28. The molecule has 154 valence electrons. The van der Waals surface area contributed by atoms with Gasteiger partial charge in [-0.1, -0.05) is 13.0 Å². The van der Waals surface area contributed by atoms with Crippen LogP contribution in [-0.2, 0) is 6.42 Å². The van der Waals surface area contributed by atoms with E-state index in [2.05, 4.69) is 40.1 Å². The van der Waals surface area contributed by atoms with E-state index in [1.54, 1.807) is 18.4 Å². The highest BCUT2D eigenvalue weighted by atomic mass is 32.1. The summed E-state index contributed by atoms with van der Waals surface area (Å²) in [6.07, 6.45) is -0.403. The normalized spacial score (nSPS) is 18.5. The van der Waals surface area contributed by atoms with Gasteiger partial charge in [-0.3, -0.25) is 9.89 Å². The van der Waals surface area contributed by atoms with Crippen LogP contribution in [-0.4, -0.2) is 56.8 Å². The second kappa shape index (κ2) is 10.9. The molecule has 1 unspecified atom stereocenters. The molecule has 27 heavy (non-hydrogen) atoms. The zero-order chi connectivity index (χ0) is 19.7. The molecule has 1 aromatic rings. The number of rotatable bonds is 8. The van der Waals surface area contributed by atoms with Gasteiger partial charge in [-0.05, 0) is 62.1 Å². The Balaban J connectivity index is 1.58. The summed E-state index contributed by atoms with van der Waals surface area (Å²) in [5, 5.41) is 8.79. The Morgan fingerprint density at radius 2 is 2.07 bits per heavy atom. The van der Waals surface area contributed by atoms with Crippen molar-refractivity contribution >= 4 is 17.3 Å². The lowest BCUT2D eigenvalue weighted by atomic mass is 9.93. The van der Waals surface area contributed by atoms with Crippen molar-refractivity contribution in [2.75, 3.05) is 39.8 Å². The molecule has 0 amide bonds. The highest BCUT2D eigenvalue weighted by molar-refractivity contribution is 7.09. The molecule has 0 saturated carbocycles. The molecule has 1 aliphatic rings. The van der Waals surface area contributed by atoms with E-state index in [9.17, 15) is 13.2 Å². The van der Waals surface area contributed by atoms with Crippen LogP contribution >= 0.6 is 11.3 Å². The van der Waals surface area contributed by atoms with Crippen LogP contribution in [0.4, 0.5) is 13.2 Å². The van der Waals surface area contributed by atoms with Gasteiger partial charge in [0.05, 0.1) is 6.54 Å². The third kappa shape index (κ3) is 8.97. The second-order valence-electron chi connectivity index (χ2n) is 7.39. The largest absolute Gasteiger partial charge is 0.401 e. The average Bonchev–Trinajstić information content (AvgIpc) is 3.11. The van der Waals surface area contributed by atoms with Gasteiger partial charge in [0.15, 0.2) is 5.96 Å². The molecule has 0 aliphatic carbocycles. The molecule has 1 aromatic heterocycles. The van der Waals surface area contributed by atoms with Crippen molar-refractivity contribution < 1.29 is 13.2 Å². The van der Waals surface area contributed by atoms with Gasteiger partial charge in [-0.15, -0.1) is 11.3 Å². The van der Waals surface area contributed by atoms with Crippen molar-refractivity contribution in [3.8, 4) is 0 Å². The van der Waals surface area contributed by atoms with Crippen molar-refractivity contribution in [1.82, 2.24) is 15.5 Å². The van der Waals surface area contributed by atoms with Gasteiger partial charge in [-0.2, -0.15) is 13.2 Å².